The van der Waals surface area contributed by atoms with Gasteiger partial charge in [-0.05, 0) is 19.1 Å². The lowest BCUT2D eigenvalue weighted by atomic mass is 10.2. The summed E-state index contributed by atoms with van der Waals surface area (Å²) in [6.07, 6.45) is -0.593. The molecule has 0 spiro atoms. The highest BCUT2D eigenvalue weighted by atomic mass is 19.3. The van der Waals surface area contributed by atoms with E-state index in [1.165, 1.54) is 0 Å². The summed E-state index contributed by atoms with van der Waals surface area (Å²) >= 11 is 0. The Balaban J connectivity index is 2.38. The number of amides is 1. The van der Waals surface area contributed by atoms with Crippen molar-refractivity contribution in [2.45, 2.75) is 25.7 Å². The summed E-state index contributed by atoms with van der Waals surface area (Å²) in [5.41, 5.74) is 0.627. The number of carbonyl (C=O) groups excluding carboxylic acids is 1. The van der Waals surface area contributed by atoms with Crippen LogP contribution in [0.3, 0.4) is 0 Å². The topological polar surface area (TPSA) is 29.1 Å². The lowest BCUT2D eigenvalue weighted by Gasteiger charge is -2.09. The van der Waals surface area contributed by atoms with Crippen LogP contribution in [0.1, 0.15) is 19.8 Å². The van der Waals surface area contributed by atoms with Gasteiger partial charge in [0.05, 0.1) is 0 Å². The van der Waals surface area contributed by atoms with Crippen molar-refractivity contribution in [3.8, 4) is 0 Å². The summed E-state index contributed by atoms with van der Waals surface area (Å²) < 4.78 is 24.9. The van der Waals surface area contributed by atoms with Crippen molar-refractivity contribution in [2.24, 2.45) is 0 Å². The van der Waals surface area contributed by atoms with E-state index in [0.29, 0.717) is 5.69 Å². The molecule has 0 fully saturated rings. The molecule has 2 nitrogen and oxygen atoms in total. The standard InChI is InChI=1S/C11H13F2NO/c1-11(12,13)8-7-10(15)14-9-5-3-2-4-6-9/h2-6H,7-8H2,1H3,(H,14,15). The van der Waals surface area contributed by atoms with Gasteiger partial charge < -0.3 is 5.32 Å². The van der Waals surface area contributed by atoms with Crippen molar-refractivity contribution in [1.82, 2.24) is 0 Å². The number of hydrogen-bond donors (Lipinski definition) is 1. The van der Waals surface area contributed by atoms with Gasteiger partial charge in [-0.3, -0.25) is 4.79 Å². The zero-order valence-corrected chi connectivity index (χ0v) is 8.47. The third kappa shape index (κ3) is 5.10. The van der Waals surface area contributed by atoms with Crippen molar-refractivity contribution in [3.05, 3.63) is 30.3 Å². The van der Waals surface area contributed by atoms with E-state index in [9.17, 15) is 13.6 Å². The average Bonchev–Trinajstić information content (AvgIpc) is 2.15. The molecule has 0 aliphatic heterocycles. The Hall–Kier alpha value is -1.45. The summed E-state index contributed by atoms with van der Waals surface area (Å²) in [6, 6.07) is 8.77. The van der Waals surface area contributed by atoms with Gasteiger partial charge in [0.25, 0.3) is 0 Å². The molecule has 1 aromatic rings. The van der Waals surface area contributed by atoms with Crippen molar-refractivity contribution >= 4 is 11.6 Å². The van der Waals surface area contributed by atoms with Crippen LogP contribution in [0.5, 0.6) is 0 Å². The largest absolute Gasteiger partial charge is 0.326 e. The fourth-order valence-electron chi connectivity index (χ4n) is 1.08. The second-order valence-electron chi connectivity index (χ2n) is 3.48. The number of benzene rings is 1. The number of rotatable bonds is 4. The van der Waals surface area contributed by atoms with Crippen LogP contribution in [0.2, 0.25) is 0 Å². The maximum absolute atomic E-state index is 12.4. The molecule has 4 heteroatoms. The predicted octanol–water partition coefficient (Wildman–Crippen LogP) is 3.06. The van der Waals surface area contributed by atoms with Gasteiger partial charge in [0.1, 0.15) is 0 Å². The molecule has 1 N–H and O–H groups in total. The molecule has 0 saturated heterocycles. The highest BCUT2D eigenvalue weighted by molar-refractivity contribution is 5.90. The zero-order valence-electron chi connectivity index (χ0n) is 8.47. The van der Waals surface area contributed by atoms with E-state index in [1.54, 1.807) is 24.3 Å². The fourth-order valence-corrected chi connectivity index (χ4v) is 1.08. The number of para-hydroxylation sites is 1. The first-order valence-electron chi connectivity index (χ1n) is 4.70. The van der Waals surface area contributed by atoms with Gasteiger partial charge in [-0.15, -0.1) is 0 Å². The first-order valence-corrected chi connectivity index (χ1v) is 4.70. The minimum Gasteiger partial charge on any atom is -0.326 e. The Labute approximate surface area is 87.3 Å². The number of nitrogens with one attached hydrogen (secondary N) is 1. The lowest BCUT2D eigenvalue weighted by molar-refractivity contribution is -0.118. The third-order valence-electron chi connectivity index (χ3n) is 1.85. The summed E-state index contributed by atoms with van der Waals surface area (Å²) in [7, 11) is 0. The van der Waals surface area contributed by atoms with Crippen LogP contribution < -0.4 is 5.32 Å². The molecule has 1 amide bonds. The molecule has 0 saturated carbocycles. The SMILES string of the molecule is CC(F)(F)CCC(=O)Nc1ccccc1. The molecule has 0 radical (unpaired) electrons. The monoisotopic (exact) mass is 213 g/mol. The van der Waals surface area contributed by atoms with E-state index in [4.69, 9.17) is 0 Å². The predicted molar refractivity (Wildman–Crippen MR) is 54.9 cm³/mol. The van der Waals surface area contributed by atoms with E-state index in [1.807, 2.05) is 6.07 Å². The number of hydrogen-bond acceptors (Lipinski definition) is 1. The molecule has 15 heavy (non-hydrogen) atoms. The van der Waals surface area contributed by atoms with Gasteiger partial charge in [0, 0.05) is 18.5 Å². The van der Waals surface area contributed by atoms with E-state index >= 15 is 0 Å². The van der Waals surface area contributed by atoms with Crippen molar-refractivity contribution in [3.63, 3.8) is 0 Å². The molecule has 0 aliphatic rings. The second-order valence-corrected chi connectivity index (χ2v) is 3.48. The van der Waals surface area contributed by atoms with Crippen LogP contribution in [0.25, 0.3) is 0 Å². The average molecular weight is 213 g/mol. The van der Waals surface area contributed by atoms with Gasteiger partial charge in [0.2, 0.25) is 11.8 Å². The van der Waals surface area contributed by atoms with Gasteiger partial charge in [-0.25, -0.2) is 8.78 Å². The molecular formula is C11H13F2NO. The Kier molecular flexibility index (Phi) is 3.77. The Morgan fingerprint density at radius 3 is 2.47 bits per heavy atom. The second kappa shape index (κ2) is 4.87. The Morgan fingerprint density at radius 2 is 1.93 bits per heavy atom. The first-order chi connectivity index (χ1) is 6.97. The molecule has 0 heterocycles. The van der Waals surface area contributed by atoms with Crippen molar-refractivity contribution in [1.29, 1.82) is 0 Å². The van der Waals surface area contributed by atoms with E-state index in [-0.39, 0.29) is 12.3 Å². The maximum atomic E-state index is 12.4. The minimum absolute atomic E-state index is 0.168. The molecule has 0 unspecified atom stereocenters. The molecule has 0 aliphatic carbocycles. The highest BCUT2D eigenvalue weighted by Gasteiger charge is 2.21. The van der Waals surface area contributed by atoms with Crippen molar-refractivity contribution < 1.29 is 13.6 Å². The van der Waals surface area contributed by atoms with Crippen LogP contribution in [0, 0.1) is 0 Å². The number of carbonyl (C=O) groups is 1. The van der Waals surface area contributed by atoms with Crippen molar-refractivity contribution in [2.75, 3.05) is 5.32 Å². The van der Waals surface area contributed by atoms with E-state index < -0.39 is 12.3 Å². The Bertz CT molecular complexity index is 319. The quantitative estimate of drug-likeness (QED) is 0.818. The van der Waals surface area contributed by atoms with Crippen LogP contribution in [0.15, 0.2) is 30.3 Å². The lowest BCUT2D eigenvalue weighted by Crippen LogP contribution is -2.17. The highest BCUT2D eigenvalue weighted by Crippen LogP contribution is 2.19. The van der Waals surface area contributed by atoms with Gasteiger partial charge in [0.15, 0.2) is 0 Å². The third-order valence-corrected chi connectivity index (χ3v) is 1.85. The molecule has 1 aromatic carbocycles. The number of alkyl halides is 2. The van der Waals surface area contributed by atoms with Gasteiger partial charge in [-0.1, -0.05) is 18.2 Å². The fraction of sp³-hybridized carbons (Fsp3) is 0.364. The molecule has 1 rings (SSSR count). The molecule has 0 bridgehead atoms. The normalized spacial score (nSPS) is 11.1. The van der Waals surface area contributed by atoms with E-state index in [0.717, 1.165) is 6.92 Å². The van der Waals surface area contributed by atoms with Crippen LogP contribution in [0.4, 0.5) is 14.5 Å². The summed E-state index contributed by atoms with van der Waals surface area (Å²) in [4.78, 5) is 11.2. The van der Waals surface area contributed by atoms with Crippen LogP contribution in [-0.4, -0.2) is 11.8 Å². The van der Waals surface area contributed by atoms with Gasteiger partial charge in [-0.2, -0.15) is 0 Å². The van der Waals surface area contributed by atoms with Crippen LogP contribution in [-0.2, 0) is 4.79 Å². The first kappa shape index (κ1) is 11.6. The maximum Gasteiger partial charge on any atom is 0.245 e. The van der Waals surface area contributed by atoms with Gasteiger partial charge >= 0.3 is 0 Å². The molecule has 82 valence electrons. The van der Waals surface area contributed by atoms with E-state index in [2.05, 4.69) is 5.32 Å². The summed E-state index contributed by atoms with van der Waals surface area (Å²) in [6.45, 7) is 0.808. The summed E-state index contributed by atoms with van der Waals surface area (Å²) in [5.74, 6) is -3.17. The Morgan fingerprint density at radius 1 is 1.33 bits per heavy atom. The molecule has 0 aromatic heterocycles. The zero-order chi connectivity index (χ0) is 11.3. The molecular weight excluding hydrogens is 200 g/mol. The summed E-state index contributed by atoms with van der Waals surface area (Å²) in [5, 5.41) is 2.54. The minimum atomic E-state index is -2.78. The van der Waals surface area contributed by atoms with Crippen LogP contribution >= 0.6 is 0 Å². The number of anilines is 1. The molecule has 0 atom stereocenters. The smallest absolute Gasteiger partial charge is 0.245 e. The number of halogens is 2.